The number of rotatable bonds is 7. The summed E-state index contributed by atoms with van der Waals surface area (Å²) in [7, 11) is 0. The van der Waals surface area contributed by atoms with Gasteiger partial charge in [0, 0.05) is 36.6 Å². The third kappa shape index (κ3) is 8.80. The van der Waals surface area contributed by atoms with Crippen LogP contribution in [-0.2, 0) is 6.42 Å². The lowest BCUT2D eigenvalue weighted by Gasteiger charge is -2.12. The van der Waals surface area contributed by atoms with E-state index in [1.165, 1.54) is 86.5 Å². The summed E-state index contributed by atoms with van der Waals surface area (Å²) in [6, 6.07) is 66.5. The number of hydrogen-bond donors (Lipinski definition) is 0. The first-order valence-corrected chi connectivity index (χ1v) is 21.6. The van der Waals surface area contributed by atoms with Crippen molar-refractivity contribution < 1.29 is 0 Å². The molecule has 0 aliphatic heterocycles. The van der Waals surface area contributed by atoms with Gasteiger partial charge in [-0.3, -0.25) is 4.99 Å². The van der Waals surface area contributed by atoms with E-state index in [4.69, 9.17) is 0 Å². The molecule has 2 heterocycles. The van der Waals surface area contributed by atoms with E-state index < -0.39 is 0 Å². The van der Waals surface area contributed by atoms with Crippen LogP contribution in [0.15, 0.2) is 206 Å². The van der Waals surface area contributed by atoms with Gasteiger partial charge < -0.3 is 4.57 Å². The maximum Gasteiger partial charge on any atom is 0.0622 e. The van der Waals surface area contributed by atoms with Crippen molar-refractivity contribution in [2.45, 2.75) is 34.1 Å². The highest BCUT2D eigenvalue weighted by atomic mass is 32.1. The van der Waals surface area contributed by atoms with Gasteiger partial charge in [0.05, 0.1) is 16.7 Å². The fourth-order valence-electron chi connectivity index (χ4n) is 8.01. The number of allylic oxidation sites excluding steroid dienone is 2. The van der Waals surface area contributed by atoms with E-state index >= 15 is 0 Å². The van der Waals surface area contributed by atoms with Crippen molar-refractivity contribution in [1.29, 1.82) is 0 Å². The van der Waals surface area contributed by atoms with E-state index in [1.807, 2.05) is 35.6 Å². The Kier molecular flexibility index (Phi) is 12.3. The van der Waals surface area contributed by atoms with Gasteiger partial charge >= 0.3 is 0 Å². The molecule has 10 rings (SSSR count). The molecule has 0 spiro atoms. The molecule has 0 aliphatic rings. The molecular formula is C58H50N2S. The van der Waals surface area contributed by atoms with Crippen LogP contribution in [0.25, 0.3) is 70.1 Å². The van der Waals surface area contributed by atoms with Crippen LogP contribution in [0.2, 0.25) is 0 Å². The van der Waals surface area contributed by atoms with Crippen molar-refractivity contribution in [2.75, 3.05) is 0 Å². The van der Waals surface area contributed by atoms with E-state index in [-0.39, 0.29) is 0 Å². The molecule has 298 valence electrons. The first-order valence-electron chi connectivity index (χ1n) is 20.8. The van der Waals surface area contributed by atoms with Crippen molar-refractivity contribution in [3.63, 3.8) is 0 Å². The third-order valence-corrected chi connectivity index (χ3v) is 12.6. The molecule has 2 aromatic heterocycles. The second kappa shape index (κ2) is 18.5. The van der Waals surface area contributed by atoms with Gasteiger partial charge in [0.2, 0.25) is 0 Å². The predicted molar refractivity (Wildman–Crippen MR) is 269 cm³/mol. The van der Waals surface area contributed by atoms with Crippen LogP contribution in [-0.4, -0.2) is 11.3 Å². The van der Waals surface area contributed by atoms with E-state index in [0.717, 1.165) is 17.7 Å². The summed E-state index contributed by atoms with van der Waals surface area (Å²) >= 11 is 1.89. The quantitative estimate of drug-likeness (QED) is 0.143. The van der Waals surface area contributed by atoms with Gasteiger partial charge in [-0.25, -0.2) is 0 Å². The minimum absolute atomic E-state index is 0.685. The zero-order chi connectivity index (χ0) is 42.3. The van der Waals surface area contributed by atoms with Gasteiger partial charge in [-0.15, -0.1) is 11.3 Å². The van der Waals surface area contributed by atoms with Crippen molar-refractivity contribution in [3.05, 3.63) is 234 Å². The number of fused-ring (bicyclic) bond motifs is 7. The average molecular weight is 807 g/mol. The smallest absolute Gasteiger partial charge is 0.0622 e. The van der Waals surface area contributed by atoms with Gasteiger partial charge in [0.25, 0.3) is 0 Å². The lowest BCUT2D eigenvalue weighted by molar-refractivity contribution is 1.18. The summed E-state index contributed by atoms with van der Waals surface area (Å²) in [5.41, 5.74) is 15.7. The molecule has 0 radical (unpaired) electrons. The Morgan fingerprint density at radius 1 is 0.574 bits per heavy atom. The highest BCUT2D eigenvalue weighted by Gasteiger charge is 2.20. The fourth-order valence-corrected chi connectivity index (χ4v) is 9.27. The van der Waals surface area contributed by atoms with Crippen LogP contribution in [0.1, 0.15) is 40.3 Å². The van der Waals surface area contributed by atoms with Crippen LogP contribution >= 0.6 is 11.3 Å². The third-order valence-electron chi connectivity index (χ3n) is 11.4. The van der Waals surface area contributed by atoms with Gasteiger partial charge in [-0.1, -0.05) is 170 Å². The van der Waals surface area contributed by atoms with E-state index in [9.17, 15) is 0 Å². The number of hydrogen-bond acceptors (Lipinski definition) is 2. The summed E-state index contributed by atoms with van der Waals surface area (Å²) in [6.45, 7) is 16.3. The lowest BCUT2D eigenvalue weighted by atomic mass is 9.94. The average Bonchev–Trinajstić information content (AvgIpc) is 3.84. The molecule has 8 aromatic carbocycles. The van der Waals surface area contributed by atoms with Gasteiger partial charge in [-0.2, -0.15) is 0 Å². The number of benzene rings is 8. The number of thiophene rings is 1. The monoisotopic (exact) mass is 806 g/mol. The molecule has 0 saturated carbocycles. The molecule has 0 amide bonds. The summed E-state index contributed by atoms with van der Waals surface area (Å²) in [5.74, 6) is 0. The molecule has 0 aliphatic carbocycles. The molecule has 0 saturated heterocycles. The Morgan fingerprint density at radius 2 is 1.21 bits per heavy atom. The molecule has 2 nitrogen and oxygen atoms in total. The first kappa shape index (κ1) is 40.7. The second-order valence-corrected chi connectivity index (χ2v) is 16.6. The topological polar surface area (TPSA) is 17.3 Å². The second-order valence-electron chi connectivity index (χ2n) is 15.5. The number of aryl methyl sites for hydroxylation is 3. The Morgan fingerprint density at radius 3 is 1.89 bits per heavy atom. The predicted octanol–water partition coefficient (Wildman–Crippen LogP) is 16.4. The SMILES string of the molecule is C/C(=C\Cc1ccccc1)c1ccccc1.C=NC(=C)c1ccc(-n2c3cc(C)c(-c4ccccc4C)cc3c3c4sc5ccccc5c4ccc32)cc1.Cc1ccccc1. The molecule has 0 bridgehead atoms. The summed E-state index contributed by atoms with van der Waals surface area (Å²) in [6.07, 6.45) is 3.28. The number of aliphatic imine (C=N–C) groups is 1. The molecule has 0 unspecified atom stereocenters. The fraction of sp³-hybridized carbons (Fsp3) is 0.0862. The van der Waals surface area contributed by atoms with Gasteiger partial charge in [-0.05, 0) is 122 Å². The zero-order valence-corrected chi connectivity index (χ0v) is 36.2. The highest BCUT2D eigenvalue weighted by Crippen LogP contribution is 2.45. The van der Waals surface area contributed by atoms with E-state index in [0.29, 0.717) is 5.70 Å². The van der Waals surface area contributed by atoms with Crippen molar-refractivity contribution in [3.8, 4) is 16.8 Å². The largest absolute Gasteiger partial charge is 0.309 e. The van der Waals surface area contributed by atoms with Crippen LogP contribution < -0.4 is 0 Å². The first-order chi connectivity index (χ1) is 29.8. The lowest BCUT2D eigenvalue weighted by Crippen LogP contribution is -1.95. The maximum absolute atomic E-state index is 4.01. The molecular weight excluding hydrogens is 757 g/mol. The van der Waals surface area contributed by atoms with Crippen LogP contribution in [0, 0.1) is 20.8 Å². The number of nitrogens with zero attached hydrogens (tertiary/aromatic N) is 2. The minimum atomic E-state index is 0.685. The van der Waals surface area contributed by atoms with Crippen molar-refractivity contribution in [1.82, 2.24) is 4.57 Å². The van der Waals surface area contributed by atoms with Crippen molar-refractivity contribution >= 4 is 71.3 Å². The highest BCUT2D eigenvalue weighted by molar-refractivity contribution is 7.26. The zero-order valence-electron chi connectivity index (χ0n) is 35.4. The minimum Gasteiger partial charge on any atom is -0.309 e. The number of aromatic nitrogens is 1. The molecule has 0 atom stereocenters. The van der Waals surface area contributed by atoms with Crippen LogP contribution in [0.3, 0.4) is 0 Å². The van der Waals surface area contributed by atoms with Crippen LogP contribution in [0.4, 0.5) is 0 Å². The van der Waals surface area contributed by atoms with E-state index in [1.54, 1.807) is 0 Å². The summed E-state index contributed by atoms with van der Waals surface area (Å²) < 4.78 is 5.06. The van der Waals surface area contributed by atoms with E-state index in [2.05, 4.69) is 220 Å². The normalized spacial score (nSPS) is 11.2. The van der Waals surface area contributed by atoms with Crippen LogP contribution in [0.5, 0.6) is 0 Å². The van der Waals surface area contributed by atoms with Crippen molar-refractivity contribution in [2.24, 2.45) is 4.99 Å². The summed E-state index contributed by atoms with van der Waals surface area (Å²) in [4.78, 5) is 4.01. The molecule has 0 N–H and O–H groups in total. The molecule has 0 fully saturated rings. The maximum atomic E-state index is 4.01. The molecule has 61 heavy (non-hydrogen) atoms. The Labute approximate surface area is 364 Å². The molecule has 10 aromatic rings. The Balaban J connectivity index is 0.000000183. The Bertz CT molecular complexity index is 3150. The van der Waals surface area contributed by atoms with Gasteiger partial charge in [0.15, 0.2) is 0 Å². The van der Waals surface area contributed by atoms with Gasteiger partial charge in [0.1, 0.15) is 0 Å². The Hall–Kier alpha value is -7.07. The summed E-state index contributed by atoms with van der Waals surface area (Å²) in [5, 5.41) is 5.23. The standard InChI is InChI=1S/C35H26N2S.C16H16.C7H8/c1-21-9-5-6-10-26(21)29-20-30-32(19-22(29)2)37(25-15-13-24(14-16-25)23(3)36-4)31-18-17-28-27-11-7-8-12-33(27)38-35(28)34(30)31;1-14(16-10-6-3-7-11-16)12-13-15-8-4-2-5-9-15;1-7-5-3-2-4-6-7/h5-20H,3-4H2,1-2H3;2-12H,13H2,1H3;2-6H,1H3/b;14-12+;. The molecule has 3 heteroatoms.